The Bertz CT molecular complexity index is 348. The van der Waals surface area contributed by atoms with E-state index in [9.17, 15) is 10.1 Å². The van der Waals surface area contributed by atoms with Crippen LogP contribution in [0, 0.1) is 10.1 Å². The van der Waals surface area contributed by atoms with Crippen molar-refractivity contribution in [2.75, 3.05) is 13.7 Å². The molecule has 0 amide bonds. The third-order valence-electron chi connectivity index (χ3n) is 2.42. The largest absolute Gasteiger partial charge is 0.383 e. The second kappa shape index (κ2) is 7.37. The molecule has 0 aliphatic heterocycles. The Morgan fingerprint density at radius 3 is 2.94 bits per heavy atom. The predicted molar refractivity (Wildman–Crippen MR) is 68.4 cm³/mol. The first-order valence-corrected chi connectivity index (χ1v) is 6.49. The highest BCUT2D eigenvalue weighted by Crippen LogP contribution is 2.22. The molecule has 1 atom stereocenters. The number of nitrogens with one attached hydrogen (secondary N) is 1. The van der Waals surface area contributed by atoms with Crippen LogP contribution in [0.15, 0.2) is 11.4 Å². The van der Waals surface area contributed by atoms with Crippen molar-refractivity contribution in [3.05, 3.63) is 27.1 Å². The van der Waals surface area contributed by atoms with Crippen molar-refractivity contribution < 1.29 is 9.66 Å². The molecule has 1 heterocycles. The van der Waals surface area contributed by atoms with Crippen LogP contribution in [0.25, 0.3) is 0 Å². The number of nitrogens with zero attached hydrogens (tertiary/aromatic N) is 1. The third kappa shape index (κ3) is 4.80. The van der Waals surface area contributed by atoms with Crippen molar-refractivity contribution in [1.82, 2.24) is 5.32 Å². The molecule has 0 bridgehead atoms. The van der Waals surface area contributed by atoms with Gasteiger partial charge in [-0.1, -0.05) is 24.7 Å². The fourth-order valence-corrected chi connectivity index (χ4v) is 2.34. The van der Waals surface area contributed by atoms with E-state index in [2.05, 4.69) is 12.2 Å². The molecule has 0 fully saturated rings. The van der Waals surface area contributed by atoms with Gasteiger partial charge in [0.2, 0.25) is 0 Å². The minimum absolute atomic E-state index is 0.195. The van der Waals surface area contributed by atoms with Crippen LogP contribution in [0.5, 0.6) is 0 Å². The van der Waals surface area contributed by atoms with Crippen molar-refractivity contribution in [2.24, 2.45) is 0 Å². The molecule has 1 unspecified atom stereocenters. The molecule has 0 radical (unpaired) electrons. The van der Waals surface area contributed by atoms with E-state index in [1.54, 1.807) is 13.2 Å². The van der Waals surface area contributed by atoms with Gasteiger partial charge in [-0.15, -0.1) is 0 Å². The summed E-state index contributed by atoms with van der Waals surface area (Å²) >= 11 is 1.17. The van der Waals surface area contributed by atoms with Gasteiger partial charge < -0.3 is 10.1 Å². The van der Waals surface area contributed by atoms with Gasteiger partial charge in [-0.05, 0) is 12.0 Å². The smallest absolute Gasteiger partial charge is 0.324 e. The highest BCUT2D eigenvalue weighted by molar-refractivity contribution is 7.13. The average Bonchev–Trinajstić information content (AvgIpc) is 2.75. The van der Waals surface area contributed by atoms with Crippen LogP contribution in [-0.4, -0.2) is 24.7 Å². The molecular weight excluding hydrogens is 240 g/mol. The van der Waals surface area contributed by atoms with Crippen LogP contribution in [0.2, 0.25) is 0 Å². The van der Waals surface area contributed by atoms with E-state index in [1.165, 1.54) is 11.3 Å². The number of methoxy groups -OCH3 is 1. The molecule has 0 saturated heterocycles. The zero-order valence-corrected chi connectivity index (χ0v) is 11.0. The molecule has 0 spiro atoms. The van der Waals surface area contributed by atoms with Crippen LogP contribution < -0.4 is 5.32 Å². The minimum Gasteiger partial charge on any atom is -0.383 e. The van der Waals surface area contributed by atoms with Crippen molar-refractivity contribution >= 4 is 16.3 Å². The first-order chi connectivity index (χ1) is 8.17. The second-order valence-corrected chi connectivity index (χ2v) is 4.76. The molecular formula is C11H18N2O3S. The molecule has 6 heteroatoms. The second-order valence-electron chi connectivity index (χ2n) is 3.87. The van der Waals surface area contributed by atoms with Crippen LogP contribution in [0.4, 0.5) is 5.00 Å². The van der Waals surface area contributed by atoms with Crippen LogP contribution >= 0.6 is 11.3 Å². The lowest BCUT2D eigenvalue weighted by Gasteiger charge is -2.16. The van der Waals surface area contributed by atoms with E-state index in [4.69, 9.17) is 4.74 Å². The molecule has 1 N–H and O–H groups in total. The van der Waals surface area contributed by atoms with Crippen molar-refractivity contribution in [3.8, 4) is 0 Å². The zero-order chi connectivity index (χ0) is 12.7. The Morgan fingerprint density at radius 2 is 2.41 bits per heavy atom. The van der Waals surface area contributed by atoms with E-state index in [0.29, 0.717) is 19.2 Å². The van der Waals surface area contributed by atoms with Gasteiger partial charge in [0.25, 0.3) is 0 Å². The van der Waals surface area contributed by atoms with Crippen molar-refractivity contribution in [2.45, 2.75) is 32.4 Å². The van der Waals surface area contributed by atoms with Crippen LogP contribution in [0.1, 0.15) is 25.3 Å². The predicted octanol–water partition coefficient (Wildman–Crippen LogP) is 2.56. The topological polar surface area (TPSA) is 64.4 Å². The molecule has 1 aromatic rings. The lowest BCUT2D eigenvalue weighted by molar-refractivity contribution is -0.380. The molecule has 96 valence electrons. The van der Waals surface area contributed by atoms with Gasteiger partial charge in [0, 0.05) is 31.1 Å². The Kier molecular flexibility index (Phi) is 6.10. The van der Waals surface area contributed by atoms with E-state index < -0.39 is 0 Å². The van der Waals surface area contributed by atoms with Gasteiger partial charge in [0.1, 0.15) is 0 Å². The molecule has 17 heavy (non-hydrogen) atoms. The number of hydrogen-bond donors (Lipinski definition) is 1. The van der Waals surface area contributed by atoms with E-state index >= 15 is 0 Å². The minimum atomic E-state index is -0.354. The summed E-state index contributed by atoms with van der Waals surface area (Å²) in [5.74, 6) is 0. The van der Waals surface area contributed by atoms with E-state index in [-0.39, 0.29) is 9.92 Å². The lowest BCUT2D eigenvalue weighted by atomic mass is 10.1. The van der Waals surface area contributed by atoms with E-state index in [0.717, 1.165) is 18.4 Å². The van der Waals surface area contributed by atoms with Gasteiger partial charge in [-0.25, -0.2) is 0 Å². The molecule has 0 aliphatic rings. The number of ether oxygens (including phenoxy) is 1. The summed E-state index contributed by atoms with van der Waals surface area (Å²) in [6.07, 6.45) is 2.13. The summed E-state index contributed by atoms with van der Waals surface area (Å²) in [6, 6.07) is 1.93. The van der Waals surface area contributed by atoms with Gasteiger partial charge in [-0.3, -0.25) is 10.1 Å². The normalized spacial score (nSPS) is 12.6. The summed E-state index contributed by atoms with van der Waals surface area (Å²) in [5.41, 5.74) is 0.957. The van der Waals surface area contributed by atoms with Gasteiger partial charge >= 0.3 is 5.00 Å². The van der Waals surface area contributed by atoms with Gasteiger partial charge in [-0.2, -0.15) is 0 Å². The molecule has 5 nitrogen and oxygen atoms in total. The Balaban J connectivity index is 2.44. The summed E-state index contributed by atoms with van der Waals surface area (Å²) in [4.78, 5) is 10.2. The number of nitro groups is 1. The monoisotopic (exact) mass is 258 g/mol. The number of thiophene rings is 1. The average molecular weight is 258 g/mol. The SMILES string of the molecule is CCCC(COC)NCc1csc([N+](=O)[O-])c1. The van der Waals surface area contributed by atoms with Gasteiger partial charge in [0.05, 0.1) is 11.5 Å². The maximum atomic E-state index is 10.5. The Morgan fingerprint density at radius 1 is 1.65 bits per heavy atom. The summed E-state index contributed by atoms with van der Waals surface area (Å²) in [5, 5.41) is 15.9. The number of rotatable bonds is 8. The van der Waals surface area contributed by atoms with Crippen molar-refractivity contribution in [3.63, 3.8) is 0 Å². The van der Waals surface area contributed by atoms with E-state index in [1.807, 2.05) is 5.38 Å². The zero-order valence-electron chi connectivity index (χ0n) is 10.1. The standard InChI is InChI=1S/C11H18N2O3S/c1-3-4-10(7-16-2)12-6-9-5-11(13(14)15)17-8-9/h5,8,10,12H,3-4,6-7H2,1-2H3. The third-order valence-corrected chi connectivity index (χ3v) is 3.35. The van der Waals surface area contributed by atoms with Crippen molar-refractivity contribution in [1.29, 1.82) is 0 Å². The van der Waals surface area contributed by atoms with Gasteiger partial charge in [0.15, 0.2) is 0 Å². The molecule has 0 saturated carbocycles. The summed E-state index contributed by atoms with van der Waals surface area (Å²) in [7, 11) is 1.68. The molecule has 0 aliphatic carbocycles. The highest BCUT2D eigenvalue weighted by atomic mass is 32.1. The van der Waals surface area contributed by atoms with Crippen LogP contribution in [-0.2, 0) is 11.3 Å². The Labute approximate surface area is 105 Å². The first-order valence-electron chi connectivity index (χ1n) is 5.61. The van der Waals surface area contributed by atoms with Crippen LogP contribution in [0.3, 0.4) is 0 Å². The maximum Gasteiger partial charge on any atom is 0.324 e. The fraction of sp³-hybridized carbons (Fsp3) is 0.636. The molecule has 1 aromatic heterocycles. The molecule has 1 rings (SSSR count). The molecule has 0 aromatic carbocycles. The number of hydrogen-bond acceptors (Lipinski definition) is 5. The first kappa shape index (κ1) is 14.1. The lowest BCUT2D eigenvalue weighted by Crippen LogP contribution is -2.32. The fourth-order valence-electron chi connectivity index (χ4n) is 1.61. The summed E-state index contributed by atoms with van der Waals surface area (Å²) in [6.45, 7) is 3.44. The maximum absolute atomic E-state index is 10.5. The highest BCUT2D eigenvalue weighted by Gasteiger charge is 2.11. The Hall–Kier alpha value is -0.980. The summed E-state index contributed by atoms with van der Waals surface area (Å²) < 4.78 is 5.12. The quantitative estimate of drug-likeness (QED) is 0.575.